The van der Waals surface area contributed by atoms with Gasteiger partial charge in [0.25, 0.3) is 0 Å². The lowest BCUT2D eigenvalue weighted by Crippen LogP contribution is -2.89. The Labute approximate surface area is 154 Å². The van der Waals surface area contributed by atoms with E-state index in [1.54, 1.807) is 0 Å². The molecular formula is C22H25N2O2+. The van der Waals surface area contributed by atoms with Crippen molar-refractivity contribution in [3.8, 4) is 0 Å². The first-order valence-electron chi connectivity index (χ1n) is 9.40. The van der Waals surface area contributed by atoms with Gasteiger partial charge in [0.15, 0.2) is 0 Å². The molecule has 0 spiro atoms. The molecule has 0 bridgehead atoms. The van der Waals surface area contributed by atoms with Gasteiger partial charge in [-0.05, 0) is 18.1 Å². The number of carbonyl (C=O) groups excluding carboxylic acids is 2. The normalized spacial score (nSPS) is 28.0. The van der Waals surface area contributed by atoms with Crippen LogP contribution >= 0.6 is 0 Å². The van der Waals surface area contributed by atoms with Gasteiger partial charge >= 0.3 is 0 Å². The first kappa shape index (κ1) is 17.0. The van der Waals surface area contributed by atoms with E-state index in [1.165, 1.54) is 4.90 Å². The van der Waals surface area contributed by atoms with E-state index in [4.69, 9.17) is 0 Å². The lowest BCUT2D eigenvalue weighted by Gasteiger charge is -2.21. The average molecular weight is 349 g/mol. The van der Waals surface area contributed by atoms with Crippen LogP contribution in [0.4, 0.5) is 5.69 Å². The molecule has 0 saturated carbocycles. The van der Waals surface area contributed by atoms with Crippen LogP contribution in [0.5, 0.6) is 0 Å². The Kier molecular flexibility index (Phi) is 4.37. The zero-order chi connectivity index (χ0) is 18.3. The summed E-state index contributed by atoms with van der Waals surface area (Å²) in [7, 11) is 0. The Morgan fingerprint density at radius 3 is 2.08 bits per heavy atom. The van der Waals surface area contributed by atoms with Gasteiger partial charge in [-0.2, -0.15) is 0 Å². The maximum absolute atomic E-state index is 13.3. The van der Waals surface area contributed by atoms with Gasteiger partial charge in [0.05, 0.1) is 11.7 Å². The number of quaternary nitrogens is 1. The molecule has 2 aliphatic rings. The number of imide groups is 1. The van der Waals surface area contributed by atoms with Crippen LogP contribution < -0.4 is 10.2 Å². The average Bonchev–Trinajstić information content (AvgIpc) is 3.13. The van der Waals surface area contributed by atoms with Crippen molar-refractivity contribution in [3.63, 3.8) is 0 Å². The number of hydrogen-bond acceptors (Lipinski definition) is 2. The summed E-state index contributed by atoms with van der Waals surface area (Å²) in [6, 6.07) is 19.6. The summed E-state index contributed by atoms with van der Waals surface area (Å²) < 4.78 is 0. The minimum absolute atomic E-state index is 0.00936. The monoisotopic (exact) mass is 349 g/mol. The van der Waals surface area contributed by atoms with E-state index in [0.717, 1.165) is 12.0 Å². The van der Waals surface area contributed by atoms with Crippen LogP contribution in [0.1, 0.15) is 31.9 Å². The van der Waals surface area contributed by atoms with Gasteiger partial charge in [0.2, 0.25) is 11.8 Å². The molecule has 0 radical (unpaired) electrons. The third-order valence-corrected chi connectivity index (χ3v) is 5.64. The highest BCUT2D eigenvalue weighted by Crippen LogP contribution is 2.42. The van der Waals surface area contributed by atoms with Gasteiger partial charge in [-0.25, -0.2) is 4.90 Å². The SMILES string of the molecule is CC(C)C[C@@H]1[NH2+][C@@H](c2ccccc2)[C@H]2C(=O)N(c3ccccc3)C(=O)[C@@H]21. The zero-order valence-corrected chi connectivity index (χ0v) is 15.2. The van der Waals surface area contributed by atoms with Crippen molar-refractivity contribution in [3.05, 3.63) is 66.2 Å². The topological polar surface area (TPSA) is 54.0 Å². The molecule has 4 atom stereocenters. The van der Waals surface area contributed by atoms with Gasteiger partial charge < -0.3 is 5.32 Å². The lowest BCUT2D eigenvalue weighted by molar-refractivity contribution is -0.712. The van der Waals surface area contributed by atoms with Crippen molar-refractivity contribution in [1.82, 2.24) is 0 Å². The molecule has 2 aromatic carbocycles. The second kappa shape index (κ2) is 6.69. The number of nitrogens with zero attached hydrogens (tertiary/aromatic N) is 1. The predicted octanol–water partition coefficient (Wildman–Crippen LogP) is 2.53. The van der Waals surface area contributed by atoms with Crippen LogP contribution in [0.2, 0.25) is 0 Å². The number of carbonyl (C=O) groups is 2. The van der Waals surface area contributed by atoms with E-state index in [1.807, 2.05) is 48.5 Å². The van der Waals surface area contributed by atoms with E-state index in [9.17, 15) is 9.59 Å². The van der Waals surface area contributed by atoms with Crippen LogP contribution in [-0.4, -0.2) is 17.9 Å². The first-order valence-corrected chi connectivity index (χ1v) is 9.40. The molecule has 0 aliphatic carbocycles. The summed E-state index contributed by atoms with van der Waals surface area (Å²) in [5.74, 6) is -0.127. The van der Waals surface area contributed by atoms with Gasteiger partial charge in [-0.15, -0.1) is 0 Å². The summed E-state index contributed by atoms with van der Waals surface area (Å²) in [5, 5.41) is 2.27. The fourth-order valence-corrected chi connectivity index (χ4v) is 4.64. The number of rotatable bonds is 4. The summed E-state index contributed by atoms with van der Waals surface area (Å²) >= 11 is 0. The fourth-order valence-electron chi connectivity index (χ4n) is 4.64. The Morgan fingerprint density at radius 1 is 0.885 bits per heavy atom. The summed E-state index contributed by atoms with van der Waals surface area (Å²) in [4.78, 5) is 28.0. The van der Waals surface area contributed by atoms with Crippen LogP contribution in [0, 0.1) is 17.8 Å². The highest BCUT2D eigenvalue weighted by molar-refractivity contribution is 6.22. The molecule has 2 heterocycles. The van der Waals surface area contributed by atoms with Gasteiger partial charge in [0.1, 0.15) is 17.9 Å². The number of anilines is 1. The summed E-state index contributed by atoms with van der Waals surface area (Å²) in [6.45, 7) is 4.35. The molecule has 4 rings (SSSR count). The van der Waals surface area contributed by atoms with Gasteiger partial charge in [-0.3, -0.25) is 9.59 Å². The third-order valence-electron chi connectivity index (χ3n) is 5.64. The maximum Gasteiger partial charge on any atom is 0.244 e. The second-order valence-corrected chi connectivity index (χ2v) is 7.82. The Balaban J connectivity index is 1.74. The molecule has 2 saturated heterocycles. The van der Waals surface area contributed by atoms with E-state index in [2.05, 4.69) is 31.3 Å². The lowest BCUT2D eigenvalue weighted by atomic mass is 9.84. The number of hydrogen-bond donors (Lipinski definition) is 1. The quantitative estimate of drug-likeness (QED) is 0.863. The van der Waals surface area contributed by atoms with Crippen LogP contribution in [-0.2, 0) is 9.59 Å². The molecular weight excluding hydrogens is 324 g/mol. The second-order valence-electron chi connectivity index (χ2n) is 7.82. The molecule has 2 aromatic rings. The molecule has 4 heteroatoms. The van der Waals surface area contributed by atoms with Crippen molar-refractivity contribution in [2.45, 2.75) is 32.4 Å². The molecule has 0 aromatic heterocycles. The number of benzene rings is 2. The van der Waals surface area contributed by atoms with Crippen molar-refractivity contribution in [1.29, 1.82) is 0 Å². The number of fused-ring (bicyclic) bond motifs is 1. The van der Waals surface area contributed by atoms with Crippen LogP contribution in [0.15, 0.2) is 60.7 Å². The molecule has 4 nitrogen and oxygen atoms in total. The number of para-hydroxylation sites is 1. The highest BCUT2D eigenvalue weighted by Gasteiger charge is 2.62. The maximum atomic E-state index is 13.3. The smallest absolute Gasteiger partial charge is 0.244 e. The number of nitrogens with two attached hydrogens (primary N) is 1. The molecule has 0 unspecified atom stereocenters. The first-order chi connectivity index (χ1) is 12.6. The molecule has 2 amide bonds. The summed E-state index contributed by atoms with van der Waals surface area (Å²) in [5.41, 5.74) is 1.82. The molecule has 2 aliphatic heterocycles. The van der Waals surface area contributed by atoms with Crippen molar-refractivity contribution >= 4 is 17.5 Å². The Hall–Kier alpha value is -2.46. The standard InChI is InChI=1S/C22H24N2O2/c1-14(2)13-17-18-19(20(23-17)15-9-5-3-6-10-15)22(26)24(21(18)25)16-11-7-4-8-12-16/h3-12,14,17-20,23H,13H2,1-2H3/p+1/t17-,18+,19-,20-/m0/s1. The molecule has 134 valence electrons. The van der Waals surface area contributed by atoms with Crippen molar-refractivity contribution < 1.29 is 14.9 Å². The number of amides is 2. The molecule has 2 fully saturated rings. The minimum atomic E-state index is -0.283. The van der Waals surface area contributed by atoms with Crippen molar-refractivity contribution in [2.75, 3.05) is 4.90 Å². The van der Waals surface area contributed by atoms with Gasteiger partial charge in [-0.1, -0.05) is 62.4 Å². The van der Waals surface area contributed by atoms with Crippen molar-refractivity contribution in [2.24, 2.45) is 17.8 Å². The van der Waals surface area contributed by atoms with E-state index in [-0.39, 0.29) is 35.7 Å². The fraction of sp³-hybridized carbons (Fsp3) is 0.364. The molecule has 26 heavy (non-hydrogen) atoms. The zero-order valence-electron chi connectivity index (χ0n) is 15.2. The minimum Gasteiger partial charge on any atom is -0.336 e. The van der Waals surface area contributed by atoms with Gasteiger partial charge in [0, 0.05) is 12.0 Å². The van der Waals surface area contributed by atoms with Crippen LogP contribution in [0.3, 0.4) is 0 Å². The van der Waals surface area contributed by atoms with Crippen LogP contribution in [0.25, 0.3) is 0 Å². The Bertz CT molecular complexity index is 803. The largest absolute Gasteiger partial charge is 0.336 e. The Morgan fingerprint density at radius 2 is 1.46 bits per heavy atom. The van der Waals surface area contributed by atoms with E-state index >= 15 is 0 Å². The highest BCUT2D eigenvalue weighted by atomic mass is 16.2. The third kappa shape index (κ3) is 2.74. The summed E-state index contributed by atoms with van der Waals surface area (Å²) in [6.07, 6.45) is 0.937. The van der Waals surface area contributed by atoms with E-state index < -0.39 is 0 Å². The molecule has 2 N–H and O–H groups in total. The predicted molar refractivity (Wildman–Crippen MR) is 100 cm³/mol. The van der Waals surface area contributed by atoms with E-state index in [0.29, 0.717) is 11.6 Å².